The van der Waals surface area contributed by atoms with E-state index in [-0.39, 0.29) is 31.1 Å². The highest BCUT2D eigenvalue weighted by molar-refractivity contribution is 5.71. The molecule has 6 nitrogen and oxygen atoms in total. The number of ether oxygens (including phenoxy) is 3. The van der Waals surface area contributed by atoms with Crippen LogP contribution in [0.15, 0.2) is 24.3 Å². The molecule has 0 bridgehead atoms. The van der Waals surface area contributed by atoms with Gasteiger partial charge in [-0.2, -0.15) is 0 Å². The first kappa shape index (κ1) is 78.9. The smallest absolute Gasteiger partial charge is 0.306 e. The van der Waals surface area contributed by atoms with E-state index in [1.807, 2.05) is 0 Å². The van der Waals surface area contributed by atoms with Crippen molar-refractivity contribution in [3.63, 3.8) is 0 Å². The average molecular weight is 1140 g/mol. The van der Waals surface area contributed by atoms with E-state index in [4.69, 9.17) is 14.2 Å². The molecule has 6 heteroatoms. The standard InChI is InChI=1S/C75H142O6/c1-4-7-10-13-16-19-22-25-28-31-34-36-37-39-41-44-47-50-53-56-59-62-65-68-74(77)80-71-72(70-79-73(76)67-64-61-58-55-52-49-46-43-40-33-30-27-24-21-18-15-12-9-6-3)81-75(78)69-66-63-60-57-54-51-48-45-42-38-35-32-29-26-23-20-17-14-11-8-5-2/h27,30,32,35,72H,4-26,28-29,31,33-34,36-71H2,1-3H3/b30-27-,35-32-. The molecule has 0 radical (unpaired) electrons. The summed E-state index contributed by atoms with van der Waals surface area (Å²) in [6, 6.07) is 0. The summed E-state index contributed by atoms with van der Waals surface area (Å²) in [6.45, 7) is 6.73. The summed E-state index contributed by atoms with van der Waals surface area (Å²) in [6.07, 6.45) is 86.4. The molecule has 81 heavy (non-hydrogen) atoms. The minimum Gasteiger partial charge on any atom is -0.462 e. The first-order valence-electron chi connectivity index (χ1n) is 36.8. The monoisotopic (exact) mass is 1140 g/mol. The van der Waals surface area contributed by atoms with E-state index >= 15 is 0 Å². The number of hydrogen-bond donors (Lipinski definition) is 0. The van der Waals surface area contributed by atoms with Crippen molar-refractivity contribution in [3.8, 4) is 0 Å². The Kier molecular flexibility index (Phi) is 68.5. The average Bonchev–Trinajstić information content (AvgIpc) is 3.47. The van der Waals surface area contributed by atoms with Crippen molar-refractivity contribution < 1.29 is 28.6 Å². The van der Waals surface area contributed by atoms with Crippen molar-refractivity contribution in [1.82, 2.24) is 0 Å². The molecule has 0 amide bonds. The fourth-order valence-corrected chi connectivity index (χ4v) is 11.4. The Labute approximate surface area is 506 Å². The molecular formula is C75H142O6. The van der Waals surface area contributed by atoms with Crippen LogP contribution in [0.4, 0.5) is 0 Å². The first-order valence-corrected chi connectivity index (χ1v) is 36.8. The van der Waals surface area contributed by atoms with E-state index in [1.54, 1.807) is 0 Å². The van der Waals surface area contributed by atoms with Gasteiger partial charge in [-0.25, -0.2) is 0 Å². The molecule has 0 aliphatic heterocycles. The summed E-state index contributed by atoms with van der Waals surface area (Å²) in [7, 11) is 0. The van der Waals surface area contributed by atoms with Crippen LogP contribution >= 0.6 is 0 Å². The molecule has 0 rings (SSSR count). The van der Waals surface area contributed by atoms with Crippen LogP contribution in [-0.2, 0) is 28.6 Å². The zero-order valence-corrected chi connectivity index (χ0v) is 55.1. The maximum absolute atomic E-state index is 13.0. The Morgan fingerprint density at radius 3 is 0.617 bits per heavy atom. The molecule has 0 fully saturated rings. The third-order valence-electron chi connectivity index (χ3n) is 16.9. The van der Waals surface area contributed by atoms with Gasteiger partial charge in [0.05, 0.1) is 0 Å². The number of allylic oxidation sites excluding steroid dienone is 4. The maximum atomic E-state index is 13.0. The van der Waals surface area contributed by atoms with Crippen molar-refractivity contribution in [1.29, 1.82) is 0 Å². The van der Waals surface area contributed by atoms with Gasteiger partial charge in [-0.05, 0) is 70.6 Å². The van der Waals surface area contributed by atoms with Crippen LogP contribution in [0.2, 0.25) is 0 Å². The molecule has 0 aliphatic carbocycles. The Morgan fingerprint density at radius 1 is 0.235 bits per heavy atom. The molecule has 478 valence electrons. The molecular weight excluding hydrogens is 997 g/mol. The molecule has 1 atom stereocenters. The predicted molar refractivity (Wildman–Crippen MR) is 353 cm³/mol. The van der Waals surface area contributed by atoms with E-state index in [0.29, 0.717) is 19.3 Å². The van der Waals surface area contributed by atoms with E-state index in [9.17, 15) is 14.4 Å². The maximum Gasteiger partial charge on any atom is 0.306 e. The lowest BCUT2D eigenvalue weighted by Crippen LogP contribution is -2.30. The van der Waals surface area contributed by atoms with E-state index in [0.717, 1.165) is 57.8 Å². The zero-order valence-electron chi connectivity index (χ0n) is 55.1. The van der Waals surface area contributed by atoms with Crippen LogP contribution in [-0.4, -0.2) is 37.2 Å². The molecule has 0 spiro atoms. The quantitative estimate of drug-likeness (QED) is 0.0261. The van der Waals surface area contributed by atoms with Gasteiger partial charge in [0.1, 0.15) is 13.2 Å². The Bertz CT molecular complexity index is 1310. The number of rotatable bonds is 69. The zero-order chi connectivity index (χ0) is 58.5. The molecule has 0 N–H and O–H groups in total. The molecule has 0 aromatic rings. The summed E-state index contributed by atoms with van der Waals surface area (Å²) in [4.78, 5) is 38.5. The second-order valence-corrected chi connectivity index (χ2v) is 25.2. The molecule has 0 aliphatic rings. The third kappa shape index (κ3) is 68.6. The second-order valence-electron chi connectivity index (χ2n) is 25.2. The van der Waals surface area contributed by atoms with Gasteiger partial charge >= 0.3 is 17.9 Å². The highest BCUT2D eigenvalue weighted by Gasteiger charge is 2.20. The lowest BCUT2D eigenvalue weighted by atomic mass is 10.0. The van der Waals surface area contributed by atoms with Crippen LogP contribution in [0, 0.1) is 0 Å². The van der Waals surface area contributed by atoms with Crippen molar-refractivity contribution in [3.05, 3.63) is 24.3 Å². The molecule has 0 saturated heterocycles. The summed E-state index contributed by atoms with van der Waals surface area (Å²) in [5.41, 5.74) is 0. The van der Waals surface area contributed by atoms with Crippen molar-refractivity contribution >= 4 is 17.9 Å². The van der Waals surface area contributed by atoms with E-state index in [2.05, 4.69) is 45.1 Å². The predicted octanol–water partition coefficient (Wildman–Crippen LogP) is 25.3. The van der Waals surface area contributed by atoms with Gasteiger partial charge in [0.2, 0.25) is 0 Å². The number of esters is 3. The Balaban J connectivity index is 4.30. The summed E-state index contributed by atoms with van der Waals surface area (Å²) >= 11 is 0. The number of carbonyl (C=O) groups is 3. The fraction of sp³-hybridized carbons (Fsp3) is 0.907. The Morgan fingerprint density at radius 2 is 0.407 bits per heavy atom. The summed E-state index contributed by atoms with van der Waals surface area (Å²) in [5, 5.41) is 0. The summed E-state index contributed by atoms with van der Waals surface area (Å²) in [5.74, 6) is -0.836. The largest absolute Gasteiger partial charge is 0.462 e. The van der Waals surface area contributed by atoms with Gasteiger partial charge in [-0.1, -0.05) is 353 Å². The number of hydrogen-bond acceptors (Lipinski definition) is 6. The van der Waals surface area contributed by atoms with Crippen LogP contribution in [0.1, 0.15) is 419 Å². The van der Waals surface area contributed by atoms with Crippen LogP contribution in [0.25, 0.3) is 0 Å². The lowest BCUT2D eigenvalue weighted by Gasteiger charge is -2.18. The lowest BCUT2D eigenvalue weighted by molar-refractivity contribution is -0.167. The highest BCUT2D eigenvalue weighted by atomic mass is 16.6. The van der Waals surface area contributed by atoms with Crippen LogP contribution < -0.4 is 0 Å². The summed E-state index contributed by atoms with van der Waals surface area (Å²) < 4.78 is 17.0. The number of carbonyl (C=O) groups excluding carboxylic acids is 3. The number of unbranched alkanes of at least 4 members (excludes halogenated alkanes) is 54. The molecule has 0 aromatic carbocycles. The van der Waals surface area contributed by atoms with Gasteiger partial charge in [-0.3, -0.25) is 14.4 Å². The topological polar surface area (TPSA) is 78.9 Å². The van der Waals surface area contributed by atoms with Gasteiger partial charge in [0.25, 0.3) is 0 Å². The molecule has 1 unspecified atom stereocenters. The highest BCUT2D eigenvalue weighted by Crippen LogP contribution is 2.19. The van der Waals surface area contributed by atoms with Crippen molar-refractivity contribution in [2.24, 2.45) is 0 Å². The van der Waals surface area contributed by atoms with Crippen LogP contribution in [0.3, 0.4) is 0 Å². The van der Waals surface area contributed by atoms with Gasteiger partial charge < -0.3 is 14.2 Å². The SMILES string of the molecule is CCCCCCCC/C=C\CCCCCCCCCCCC(=O)OCC(COC(=O)CCCCCCCCCCCCCCCCCCCCCCCCC)OC(=O)CCCCCCCCCCC/C=C\CCCCCCCCCC. The molecule has 0 saturated carbocycles. The molecule has 0 heterocycles. The fourth-order valence-electron chi connectivity index (χ4n) is 11.4. The normalized spacial score (nSPS) is 12.1. The molecule has 0 aromatic heterocycles. The first-order chi connectivity index (χ1) is 40.0. The van der Waals surface area contributed by atoms with Crippen molar-refractivity contribution in [2.45, 2.75) is 425 Å². The minimum absolute atomic E-state index is 0.0667. The Hall–Kier alpha value is -2.11. The van der Waals surface area contributed by atoms with Crippen LogP contribution in [0.5, 0.6) is 0 Å². The second kappa shape index (κ2) is 70.4. The minimum atomic E-state index is -0.772. The van der Waals surface area contributed by atoms with Crippen molar-refractivity contribution in [2.75, 3.05) is 13.2 Å². The van der Waals surface area contributed by atoms with E-state index < -0.39 is 6.10 Å². The van der Waals surface area contributed by atoms with Gasteiger partial charge in [0, 0.05) is 19.3 Å². The van der Waals surface area contributed by atoms with E-state index in [1.165, 1.54) is 321 Å². The third-order valence-corrected chi connectivity index (χ3v) is 16.9. The van der Waals surface area contributed by atoms with Gasteiger partial charge in [-0.15, -0.1) is 0 Å². The van der Waals surface area contributed by atoms with Gasteiger partial charge in [0.15, 0.2) is 6.10 Å².